The highest BCUT2D eigenvalue weighted by atomic mass is 16.3. The predicted molar refractivity (Wildman–Crippen MR) is 26.0 cm³/mol. The SMILES string of the molecule is O=[C]C1NCC[N+]1=O. The topological polar surface area (TPSA) is 49.2 Å². The van der Waals surface area contributed by atoms with Gasteiger partial charge in [-0.1, -0.05) is 0 Å². The molecule has 0 bridgehead atoms. The van der Waals surface area contributed by atoms with Crippen molar-refractivity contribution >= 4 is 6.29 Å². The minimum Gasteiger partial charge on any atom is -0.281 e. The summed E-state index contributed by atoms with van der Waals surface area (Å²) in [5.74, 6) is 0. The largest absolute Gasteiger partial charge is 0.321 e. The van der Waals surface area contributed by atoms with Crippen molar-refractivity contribution in [2.24, 2.45) is 0 Å². The quantitative estimate of drug-likeness (QED) is 0.436. The Kier molecular flexibility index (Phi) is 1.34. The second-order valence-electron chi connectivity index (χ2n) is 1.62. The summed E-state index contributed by atoms with van der Waals surface area (Å²) in [5, 5.41) is 2.65. The van der Waals surface area contributed by atoms with Gasteiger partial charge in [-0.15, -0.1) is 0 Å². The summed E-state index contributed by atoms with van der Waals surface area (Å²) in [6, 6.07) is 0. The lowest BCUT2D eigenvalue weighted by atomic mass is 10.6. The van der Waals surface area contributed by atoms with Gasteiger partial charge < -0.3 is 0 Å². The summed E-state index contributed by atoms with van der Waals surface area (Å²) in [5.41, 5.74) is 0. The third-order valence-corrected chi connectivity index (χ3v) is 1.07. The van der Waals surface area contributed by atoms with Gasteiger partial charge in [0.25, 0.3) is 6.29 Å². The van der Waals surface area contributed by atoms with Crippen LogP contribution >= 0.6 is 0 Å². The van der Waals surface area contributed by atoms with Gasteiger partial charge in [-0.3, -0.25) is 4.79 Å². The number of nitrogens with one attached hydrogen (secondary N) is 1. The van der Waals surface area contributed by atoms with Crippen LogP contribution in [0.1, 0.15) is 0 Å². The Hall–Kier alpha value is -0.770. The van der Waals surface area contributed by atoms with Crippen molar-refractivity contribution in [1.82, 2.24) is 5.32 Å². The Bertz CT molecular complexity index is 123. The van der Waals surface area contributed by atoms with Crippen molar-refractivity contribution in [2.75, 3.05) is 13.1 Å². The van der Waals surface area contributed by atoms with E-state index in [9.17, 15) is 9.70 Å². The molecule has 1 fully saturated rings. The molecule has 0 spiro atoms. The lowest BCUT2D eigenvalue weighted by molar-refractivity contribution is -0.548. The summed E-state index contributed by atoms with van der Waals surface area (Å²) < 4.78 is 0.674. The summed E-state index contributed by atoms with van der Waals surface area (Å²) in [4.78, 5) is 20.2. The Morgan fingerprint density at radius 3 is 2.75 bits per heavy atom. The highest BCUT2D eigenvalue weighted by Crippen LogP contribution is 1.88. The van der Waals surface area contributed by atoms with Crippen LogP contribution in [-0.4, -0.2) is 30.3 Å². The van der Waals surface area contributed by atoms with Crippen molar-refractivity contribution in [3.05, 3.63) is 4.91 Å². The van der Waals surface area contributed by atoms with E-state index in [0.29, 0.717) is 17.8 Å². The molecule has 1 atom stereocenters. The van der Waals surface area contributed by atoms with Gasteiger partial charge in [0.2, 0.25) is 6.54 Å². The molecule has 1 aliphatic heterocycles. The van der Waals surface area contributed by atoms with Gasteiger partial charge in [-0.25, -0.2) is 5.32 Å². The zero-order valence-corrected chi connectivity index (χ0v) is 4.26. The van der Waals surface area contributed by atoms with Crippen LogP contribution in [0.2, 0.25) is 0 Å². The third-order valence-electron chi connectivity index (χ3n) is 1.07. The van der Waals surface area contributed by atoms with Crippen LogP contribution in [0.3, 0.4) is 0 Å². The van der Waals surface area contributed by atoms with Crippen molar-refractivity contribution in [3.8, 4) is 0 Å². The highest BCUT2D eigenvalue weighted by molar-refractivity contribution is 5.56. The van der Waals surface area contributed by atoms with E-state index in [1.54, 1.807) is 6.29 Å². The minimum atomic E-state index is -0.713. The summed E-state index contributed by atoms with van der Waals surface area (Å²) >= 11 is 0. The van der Waals surface area contributed by atoms with Gasteiger partial charge in [0, 0.05) is 9.67 Å². The van der Waals surface area contributed by atoms with Crippen LogP contribution in [0.4, 0.5) is 0 Å². The molecule has 43 valence electrons. The van der Waals surface area contributed by atoms with Crippen LogP contribution in [-0.2, 0) is 4.79 Å². The molecule has 0 saturated carbocycles. The van der Waals surface area contributed by atoms with Crippen molar-refractivity contribution in [2.45, 2.75) is 6.17 Å². The average Bonchev–Trinajstić information content (AvgIpc) is 2.14. The zero-order chi connectivity index (χ0) is 5.98. The number of carbonyl (C=O) groups excluding carboxylic acids is 1. The maximum atomic E-state index is 10.4. The number of rotatable bonds is 1. The smallest absolute Gasteiger partial charge is 0.281 e. The van der Waals surface area contributed by atoms with Crippen molar-refractivity contribution in [1.29, 1.82) is 0 Å². The Balaban J connectivity index is 2.54. The first-order valence-electron chi connectivity index (χ1n) is 2.39. The molecule has 1 N–H and O–H groups in total. The van der Waals surface area contributed by atoms with Gasteiger partial charge >= 0.3 is 6.17 Å². The molecular formula is C4H6N2O2+. The van der Waals surface area contributed by atoms with Gasteiger partial charge in [0.05, 0.1) is 6.54 Å². The van der Waals surface area contributed by atoms with Gasteiger partial charge in [-0.2, -0.15) is 0 Å². The van der Waals surface area contributed by atoms with Crippen LogP contribution in [0, 0.1) is 4.91 Å². The fourth-order valence-corrected chi connectivity index (χ4v) is 0.643. The number of hydrogen-bond donors (Lipinski definition) is 1. The van der Waals surface area contributed by atoms with E-state index in [1.807, 2.05) is 0 Å². The highest BCUT2D eigenvalue weighted by Gasteiger charge is 2.30. The summed E-state index contributed by atoms with van der Waals surface area (Å²) in [6.45, 7) is 0.976. The van der Waals surface area contributed by atoms with Gasteiger partial charge in [-0.05, 0) is 0 Å². The minimum absolute atomic E-state index is 0.389. The van der Waals surface area contributed by atoms with E-state index >= 15 is 0 Å². The maximum absolute atomic E-state index is 10.4. The van der Waals surface area contributed by atoms with E-state index in [0.717, 1.165) is 0 Å². The average molecular weight is 114 g/mol. The number of nitroso groups, excluding NO2 is 1. The fourth-order valence-electron chi connectivity index (χ4n) is 0.643. The van der Waals surface area contributed by atoms with Gasteiger partial charge in [0.15, 0.2) is 0 Å². The molecule has 8 heavy (non-hydrogen) atoms. The van der Waals surface area contributed by atoms with E-state index in [-0.39, 0.29) is 0 Å². The Morgan fingerprint density at radius 2 is 2.50 bits per heavy atom. The molecule has 0 aromatic heterocycles. The molecule has 1 heterocycles. The molecule has 4 heteroatoms. The van der Waals surface area contributed by atoms with Crippen LogP contribution in [0.15, 0.2) is 0 Å². The van der Waals surface area contributed by atoms with Crippen molar-refractivity contribution < 1.29 is 9.55 Å². The van der Waals surface area contributed by atoms with E-state index < -0.39 is 6.17 Å². The second kappa shape index (κ2) is 2.00. The van der Waals surface area contributed by atoms with E-state index in [1.165, 1.54) is 0 Å². The van der Waals surface area contributed by atoms with Crippen LogP contribution in [0.25, 0.3) is 0 Å². The maximum Gasteiger partial charge on any atom is 0.321 e. The van der Waals surface area contributed by atoms with E-state index in [4.69, 9.17) is 0 Å². The van der Waals surface area contributed by atoms with Gasteiger partial charge in [0.1, 0.15) is 0 Å². The van der Waals surface area contributed by atoms with Crippen molar-refractivity contribution in [3.63, 3.8) is 0 Å². The molecule has 0 amide bonds. The Morgan fingerprint density at radius 1 is 1.75 bits per heavy atom. The molecular weight excluding hydrogens is 108 g/mol. The summed E-state index contributed by atoms with van der Waals surface area (Å²) in [7, 11) is 0. The standard InChI is InChI=1S/C4H6N2O2/c7-3-4-5-1-2-6(4)8/h4-5H,1-2H2/q+1. The molecule has 1 radical (unpaired) electrons. The monoisotopic (exact) mass is 114 g/mol. The molecule has 1 saturated heterocycles. The molecule has 0 aliphatic carbocycles. The lowest BCUT2D eigenvalue weighted by Crippen LogP contribution is -2.28. The molecule has 4 nitrogen and oxygen atoms in total. The molecule has 0 aromatic carbocycles. The molecule has 1 rings (SSSR count). The lowest BCUT2D eigenvalue weighted by Gasteiger charge is -1.83. The number of hydrogen-bond acceptors (Lipinski definition) is 3. The Labute approximate surface area is 46.4 Å². The normalized spacial score (nSPS) is 28.5. The summed E-state index contributed by atoms with van der Waals surface area (Å²) in [6.07, 6.45) is 0.853. The first-order valence-corrected chi connectivity index (χ1v) is 2.39. The zero-order valence-electron chi connectivity index (χ0n) is 4.26. The fraction of sp³-hybridized carbons (Fsp3) is 0.750. The molecule has 1 aliphatic rings. The van der Waals surface area contributed by atoms with Crippen LogP contribution < -0.4 is 5.32 Å². The second-order valence-corrected chi connectivity index (χ2v) is 1.62. The third kappa shape index (κ3) is 0.742. The molecule has 0 aromatic rings. The number of nitrogens with zero attached hydrogens (tertiary/aromatic N) is 1. The first-order chi connectivity index (χ1) is 3.84. The predicted octanol–water partition coefficient (Wildman–Crippen LogP) is -1.20. The first kappa shape index (κ1) is 5.37. The molecule has 1 unspecified atom stereocenters. The van der Waals surface area contributed by atoms with E-state index in [2.05, 4.69) is 5.32 Å². The van der Waals surface area contributed by atoms with Crippen LogP contribution in [0.5, 0.6) is 0 Å².